The zero-order valence-corrected chi connectivity index (χ0v) is 13.7. The highest BCUT2D eigenvalue weighted by atomic mass is 31.1. The second-order valence-electron chi connectivity index (χ2n) is 5.24. The second-order valence-corrected chi connectivity index (χ2v) is 6.66. The number of alkyl halides is 13. The van der Waals surface area contributed by atoms with Crippen molar-refractivity contribution in [3.05, 3.63) is 29.6 Å². The molecule has 0 amide bonds. The molecule has 1 aromatic rings. The van der Waals surface area contributed by atoms with Gasteiger partial charge in [-0.2, -0.15) is 57.1 Å². The van der Waals surface area contributed by atoms with Gasteiger partial charge in [-0.1, -0.05) is 0 Å². The van der Waals surface area contributed by atoms with Crippen LogP contribution in [0.1, 0.15) is 0 Å². The fourth-order valence-corrected chi connectivity index (χ4v) is 2.76. The maximum absolute atomic E-state index is 13.6. The van der Waals surface area contributed by atoms with E-state index >= 15 is 0 Å². The SMILES string of the molecule is Fc1cc(F)c(F)c(PC(F)(F)C(F)(F)C(F)(F)C(F)(F)C(F)(F)C(F)(F)F)c1. The Bertz CT molecular complexity index is 764. The first-order valence-corrected chi connectivity index (χ1v) is 7.43. The van der Waals surface area contributed by atoms with Crippen LogP contribution in [0, 0.1) is 17.5 Å². The van der Waals surface area contributed by atoms with Gasteiger partial charge in [0.15, 0.2) is 11.6 Å². The van der Waals surface area contributed by atoms with Crippen molar-refractivity contribution >= 4 is 13.9 Å². The predicted molar refractivity (Wildman–Crippen MR) is 65.1 cm³/mol. The van der Waals surface area contributed by atoms with Crippen molar-refractivity contribution in [2.24, 2.45) is 0 Å². The lowest BCUT2D eigenvalue weighted by molar-refractivity contribution is -0.433. The van der Waals surface area contributed by atoms with Gasteiger partial charge in [0.25, 0.3) is 0 Å². The third-order valence-electron chi connectivity index (χ3n) is 3.22. The highest BCUT2D eigenvalue weighted by molar-refractivity contribution is 7.48. The van der Waals surface area contributed by atoms with E-state index in [1.54, 1.807) is 0 Å². The van der Waals surface area contributed by atoms with Crippen LogP contribution in [0.2, 0.25) is 0 Å². The summed E-state index contributed by atoms with van der Waals surface area (Å²) in [6.45, 7) is 0. The Morgan fingerprint density at radius 3 is 1.38 bits per heavy atom. The van der Waals surface area contributed by atoms with Crippen molar-refractivity contribution in [2.75, 3.05) is 0 Å². The minimum atomic E-state index is -8.11. The van der Waals surface area contributed by atoms with Crippen LogP contribution in [-0.4, -0.2) is 35.5 Å². The number of benzene rings is 1. The number of halogens is 16. The summed E-state index contributed by atoms with van der Waals surface area (Å²) in [5.41, 5.74) is -6.65. The van der Waals surface area contributed by atoms with Crippen molar-refractivity contribution in [3.8, 4) is 0 Å². The lowest BCUT2D eigenvalue weighted by Crippen LogP contribution is -2.69. The van der Waals surface area contributed by atoms with Gasteiger partial charge >= 0.3 is 35.5 Å². The Morgan fingerprint density at radius 2 is 0.966 bits per heavy atom. The van der Waals surface area contributed by atoms with E-state index in [2.05, 4.69) is 0 Å². The molecule has 0 saturated carbocycles. The number of hydrogen-bond acceptors (Lipinski definition) is 0. The fraction of sp³-hybridized carbons (Fsp3) is 0.500. The van der Waals surface area contributed by atoms with Gasteiger partial charge in [-0.25, -0.2) is 13.2 Å². The maximum Gasteiger partial charge on any atom is 0.460 e. The average molecular weight is 482 g/mol. The molecule has 1 unspecified atom stereocenters. The Hall–Kier alpha value is -1.47. The van der Waals surface area contributed by atoms with E-state index in [1.165, 1.54) is 0 Å². The molecule has 0 aliphatic heterocycles. The first kappa shape index (κ1) is 25.6. The second kappa shape index (κ2) is 7.05. The monoisotopic (exact) mass is 482 g/mol. The van der Waals surface area contributed by atoms with Crippen LogP contribution in [0.5, 0.6) is 0 Å². The molecule has 0 aliphatic rings. The molecule has 0 saturated heterocycles. The molecular weight excluding hydrogens is 479 g/mol. The molecule has 1 aromatic carbocycles. The molecule has 17 heteroatoms. The molecule has 1 atom stereocenters. The average Bonchev–Trinajstić information content (AvgIpc) is 2.49. The van der Waals surface area contributed by atoms with Gasteiger partial charge in [0.05, 0.1) is 0 Å². The van der Waals surface area contributed by atoms with E-state index in [1.807, 2.05) is 0 Å². The lowest BCUT2D eigenvalue weighted by Gasteiger charge is -2.39. The summed E-state index contributed by atoms with van der Waals surface area (Å²) in [4.78, 5) is 0. The number of hydrogen-bond donors (Lipinski definition) is 0. The molecule has 0 aromatic heterocycles. The van der Waals surface area contributed by atoms with E-state index in [9.17, 15) is 70.2 Å². The molecular formula is C12H3F16P. The van der Waals surface area contributed by atoms with Gasteiger partial charge in [0.1, 0.15) is 5.82 Å². The fourth-order valence-electron chi connectivity index (χ4n) is 1.66. The standard InChI is InChI=1S/C12H3F16P/c13-3-1-4(14)6(15)5(2-3)29-12(27,28)10(22,23)8(18,19)7(16,17)9(20,21)11(24,25)26/h1-2,29H. The highest BCUT2D eigenvalue weighted by Gasteiger charge is 2.90. The topological polar surface area (TPSA) is 0 Å². The van der Waals surface area contributed by atoms with Crippen molar-refractivity contribution < 1.29 is 70.2 Å². The van der Waals surface area contributed by atoms with Crippen LogP contribution < -0.4 is 5.30 Å². The molecule has 0 aliphatic carbocycles. The zero-order valence-electron chi connectivity index (χ0n) is 12.7. The first-order chi connectivity index (χ1) is 12.5. The molecule has 168 valence electrons. The van der Waals surface area contributed by atoms with Gasteiger partial charge in [0, 0.05) is 11.4 Å². The third kappa shape index (κ3) is 3.83. The molecule has 29 heavy (non-hydrogen) atoms. The van der Waals surface area contributed by atoms with E-state index in [4.69, 9.17) is 0 Å². The van der Waals surface area contributed by atoms with Crippen LogP contribution in [0.25, 0.3) is 0 Å². The van der Waals surface area contributed by atoms with Crippen LogP contribution in [-0.2, 0) is 0 Å². The largest absolute Gasteiger partial charge is 0.460 e. The Kier molecular flexibility index (Phi) is 6.21. The molecule has 0 bridgehead atoms. The quantitative estimate of drug-likeness (QED) is 0.261. The Morgan fingerprint density at radius 1 is 0.552 bits per heavy atom. The molecule has 0 fully saturated rings. The summed E-state index contributed by atoms with van der Waals surface area (Å²) in [6, 6.07) is -0.742. The van der Waals surface area contributed by atoms with Crippen molar-refractivity contribution in [2.45, 2.75) is 35.5 Å². The Labute approximate surface area is 150 Å². The van der Waals surface area contributed by atoms with E-state index in [0.717, 1.165) is 0 Å². The van der Waals surface area contributed by atoms with Gasteiger partial charge < -0.3 is 0 Å². The normalized spacial score (nSPS) is 15.4. The van der Waals surface area contributed by atoms with E-state index < -0.39 is 72.9 Å². The summed E-state index contributed by atoms with van der Waals surface area (Å²) in [6.07, 6.45) is -7.56. The molecule has 1 rings (SSSR count). The summed E-state index contributed by atoms with van der Waals surface area (Å²) >= 11 is 0. The highest BCUT2D eigenvalue weighted by Crippen LogP contribution is 2.62. The molecule has 0 spiro atoms. The Balaban J connectivity index is 3.51. The van der Waals surface area contributed by atoms with Crippen LogP contribution in [0.15, 0.2) is 12.1 Å². The van der Waals surface area contributed by atoms with Gasteiger partial charge in [-0.05, 0) is 14.6 Å². The van der Waals surface area contributed by atoms with Crippen molar-refractivity contribution in [1.82, 2.24) is 0 Å². The predicted octanol–water partition coefficient (Wildman–Crippen LogP) is 6.10. The zero-order chi connectivity index (χ0) is 23.4. The summed E-state index contributed by atoms with van der Waals surface area (Å²) in [5, 5.41) is -2.09. The lowest BCUT2D eigenvalue weighted by atomic mass is 9.98. The smallest absolute Gasteiger partial charge is 0.207 e. The first-order valence-electron chi connectivity index (χ1n) is 6.43. The third-order valence-corrected chi connectivity index (χ3v) is 4.48. The van der Waals surface area contributed by atoms with Crippen LogP contribution in [0.3, 0.4) is 0 Å². The van der Waals surface area contributed by atoms with Crippen LogP contribution >= 0.6 is 8.58 Å². The van der Waals surface area contributed by atoms with Crippen molar-refractivity contribution in [1.29, 1.82) is 0 Å². The molecule has 0 radical (unpaired) electrons. The molecule has 0 nitrogen and oxygen atoms in total. The molecule has 0 N–H and O–H groups in total. The van der Waals surface area contributed by atoms with E-state index in [0.29, 0.717) is 0 Å². The van der Waals surface area contributed by atoms with Gasteiger partial charge in [-0.15, -0.1) is 0 Å². The molecule has 0 heterocycles. The minimum absolute atomic E-state index is 0.313. The van der Waals surface area contributed by atoms with Gasteiger partial charge in [0.2, 0.25) is 0 Å². The van der Waals surface area contributed by atoms with Crippen LogP contribution in [0.4, 0.5) is 70.2 Å². The van der Waals surface area contributed by atoms with Gasteiger partial charge in [-0.3, -0.25) is 0 Å². The summed E-state index contributed by atoms with van der Waals surface area (Å²) in [5.74, 6) is -38.4. The summed E-state index contributed by atoms with van der Waals surface area (Å²) in [7, 11) is -3.48. The van der Waals surface area contributed by atoms with Crippen molar-refractivity contribution in [3.63, 3.8) is 0 Å². The van der Waals surface area contributed by atoms with E-state index in [-0.39, 0.29) is 6.07 Å². The minimum Gasteiger partial charge on any atom is -0.207 e. The maximum atomic E-state index is 13.6. The summed E-state index contributed by atoms with van der Waals surface area (Å²) < 4.78 is 207. The number of rotatable bonds is 6.